The average Bonchev–Trinajstić information content (AvgIpc) is 2.69. The fourth-order valence-electron chi connectivity index (χ4n) is 2.78. The van der Waals surface area contributed by atoms with Crippen LogP contribution in [-0.2, 0) is 0 Å². The number of rotatable bonds is 4. The van der Waals surface area contributed by atoms with Crippen LogP contribution >= 0.6 is 24.0 Å². The van der Waals surface area contributed by atoms with Crippen molar-refractivity contribution in [3.05, 3.63) is 64.2 Å². The molecule has 3 rings (SSSR count). The lowest BCUT2D eigenvalue weighted by Gasteiger charge is -2.37. The van der Waals surface area contributed by atoms with Gasteiger partial charge in [-0.1, -0.05) is 42.2 Å². The maximum absolute atomic E-state index is 11.3. The number of para-hydroxylation sites is 1. The third-order valence-electron chi connectivity index (χ3n) is 4.19. The van der Waals surface area contributed by atoms with Crippen LogP contribution in [0.1, 0.15) is 10.4 Å². The topological polar surface area (TPSA) is 66.7 Å². The van der Waals surface area contributed by atoms with Gasteiger partial charge in [-0.05, 0) is 18.2 Å². The summed E-state index contributed by atoms with van der Waals surface area (Å²) in [6.07, 6.45) is 0.630. The largest absolute Gasteiger partial charge is 0.368 e. The number of hydrogen-bond donors (Lipinski definition) is 0. The number of non-ortho nitro benzene ring substituents is 1. The molecule has 0 radical (unpaired) electrons. The second-order valence-corrected chi connectivity index (χ2v) is 7.45. The minimum Gasteiger partial charge on any atom is -0.368 e. The van der Waals surface area contributed by atoms with Crippen LogP contribution in [0.2, 0.25) is 0 Å². The van der Waals surface area contributed by atoms with Crippen molar-refractivity contribution in [1.29, 1.82) is 0 Å². The Hall–Kier alpha value is -2.45. The zero-order valence-corrected chi connectivity index (χ0v) is 15.5. The molecule has 0 N–H and O–H groups in total. The predicted octanol–water partition coefficient (Wildman–Crippen LogP) is 3.61. The lowest BCUT2D eigenvalue weighted by atomic mass is 10.2. The van der Waals surface area contributed by atoms with Gasteiger partial charge in [0.05, 0.1) is 4.92 Å². The summed E-state index contributed by atoms with van der Waals surface area (Å²) in [6, 6.07) is 14.5. The molecule has 0 spiro atoms. The van der Waals surface area contributed by atoms with Crippen LogP contribution in [0.4, 0.5) is 11.4 Å². The molecule has 0 aliphatic carbocycles. The van der Waals surface area contributed by atoms with Crippen molar-refractivity contribution in [2.45, 2.75) is 4.90 Å². The molecule has 1 fully saturated rings. The predicted molar refractivity (Wildman–Crippen MR) is 107 cm³/mol. The number of nitro groups is 1. The Morgan fingerprint density at radius 3 is 2.42 bits per heavy atom. The summed E-state index contributed by atoms with van der Waals surface area (Å²) < 4.78 is 0.676. The van der Waals surface area contributed by atoms with Crippen LogP contribution < -0.4 is 4.90 Å². The first kappa shape index (κ1) is 18.3. The summed E-state index contributed by atoms with van der Waals surface area (Å²) in [6.45, 7) is 3.32. The number of carbonyl (C=O) groups excluding carboxylic acids is 1. The number of nitro benzene ring substituents is 1. The van der Waals surface area contributed by atoms with E-state index < -0.39 is 4.92 Å². The molecule has 0 saturated carbocycles. The lowest BCUT2D eigenvalue weighted by Crippen LogP contribution is -2.47. The maximum atomic E-state index is 11.3. The van der Waals surface area contributed by atoms with Crippen molar-refractivity contribution in [3.63, 3.8) is 0 Å². The number of piperazine rings is 1. The van der Waals surface area contributed by atoms with Crippen molar-refractivity contribution >= 4 is 46.0 Å². The second-order valence-electron chi connectivity index (χ2n) is 5.77. The van der Waals surface area contributed by atoms with Crippen molar-refractivity contribution in [1.82, 2.24) is 4.90 Å². The van der Waals surface area contributed by atoms with Gasteiger partial charge in [-0.3, -0.25) is 14.9 Å². The third kappa shape index (κ3) is 4.20. The minimum absolute atomic E-state index is 0.0983. The highest BCUT2D eigenvalue weighted by molar-refractivity contribution is 8.23. The molecule has 1 heterocycles. The van der Waals surface area contributed by atoms with Gasteiger partial charge in [0.25, 0.3) is 5.69 Å². The highest BCUT2D eigenvalue weighted by Gasteiger charge is 2.21. The molecule has 0 unspecified atom stereocenters. The molecule has 0 aromatic heterocycles. The summed E-state index contributed by atoms with van der Waals surface area (Å²) >= 11 is 6.83. The number of carbonyl (C=O) groups is 1. The number of nitrogens with zero attached hydrogens (tertiary/aromatic N) is 3. The molecule has 0 amide bonds. The summed E-state index contributed by atoms with van der Waals surface area (Å²) in [7, 11) is 0. The summed E-state index contributed by atoms with van der Waals surface area (Å²) in [5, 5.41) is 10.8. The second kappa shape index (κ2) is 8.29. The zero-order chi connectivity index (χ0) is 18.5. The molecule has 134 valence electrons. The van der Waals surface area contributed by atoms with E-state index >= 15 is 0 Å². The van der Waals surface area contributed by atoms with Gasteiger partial charge in [-0.2, -0.15) is 0 Å². The highest BCUT2D eigenvalue weighted by atomic mass is 32.2. The number of anilines is 1. The van der Waals surface area contributed by atoms with Crippen LogP contribution in [0.3, 0.4) is 0 Å². The first-order valence-corrected chi connectivity index (χ1v) is 9.31. The smallest absolute Gasteiger partial charge is 0.270 e. The molecule has 1 aliphatic rings. The molecule has 1 aliphatic heterocycles. The molecule has 0 atom stereocenters. The van der Waals surface area contributed by atoms with Gasteiger partial charge < -0.3 is 9.80 Å². The quantitative estimate of drug-likeness (QED) is 0.261. The molecule has 26 heavy (non-hydrogen) atoms. The van der Waals surface area contributed by atoms with Gasteiger partial charge in [0.2, 0.25) is 0 Å². The molecule has 2 aromatic rings. The zero-order valence-electron chi connectivity index (χ0n) is 13.9. The number of hydrogen-bond acceptors (Lipinski definition) is 6. The number of benzene rings is 2. The van der Waals surface area contributed by atoms with Gasteiger partial charge in [0.15, 0.2) is 6.29 Å². The highest BCUT2D eigenvalue weighted by Crippen LogP contribution is 2.28. The summed E-state index contributed by atoms with van der Waals surface area (Å²) in [5.41, 5.74) is 1.39. The average molecular weight is 387 g/mol. The molecular weight excluding hydrogens is 370 g/mol. The van der Waals surface area contributed by atoms with Crippen LogP contribution in [0.15, 0.2) is 53.4 Å². The van der Waals surface area contributed by atoms with E-state index in [1.807, 2.05) is 18.2 Å². The standard InChI is InChI=1S/C18H17N3O3S2/c22-13-14-12-16(21(23)24)6-7-17(14)26-18(25)20-10-8-19(9-11-20)15-4-2-1-3-5-15/h1-7,12-13H,8-11H2. The third-order valence-corrected chi connectivity index (χ3v) is 5.72. The van der Waals surface area contributed by atoms with Gasteiger partial charge in [-0.15, -0.1) is 0 Å². The molecule has 1 saturated heterocycles. The Balaban J connectivity index is 1.63. The van der Waals surface area contributed by atoms with E-state index in [1.165, 1.54) is 29.6 Å². The monoisotopic (exact) mass is 387 g/mol. The van der Waals surface area contributed by atoms with Gasteiger partial charge in [-0.25, -0.2) is 0 Å². The van der Waals surface area contributed by atoms with Crippen molar-refractivity contribution < 1.29 is 9.72 Å². The normalized spacial score (nSPS) is 14.2. The number of thiocarbonyl (C=S) groups is 1. The minimum atomic E-state index is -0.511. The van der Waals surface area contributed by atoms with Crippen molar-refractivity contribution in [3.8, 4) is 0 Å². The molecule has 6 nitrogen and oxygen atoms in total. The van der Waals surface area contributed by atoms with E-state index in [2.05, 4.69) is 21.9 Å². The van der Waals surface area contributed by atoms with Crippen LogP contribution in [0.25, 0.3) is 0 Å². The van der Waals surface area contributed by atoms with E-state index in [-0.39, 0.29) is 11.3 Å². The van der Waals surface area contributed by atoms with Gasteiger partial charge in [0.1, 0.15) is 4.32 Å². The summed E-state index contributed by atoms with van der Waals surface area (Å²) in [4.78, 5) is 26.6. The van der Waals surface area contributed by atoms with Gasteiger partial charge in [0, 0.05) is 54.5 Å². The van der Waals surface area contributed by atoms with E-state index in [0.717, 1.165) is 26.2 Å². The Bertz CT molecular complexity index is 822. The Morgan fingerprint density at radius 1 is 1.12 bits per heavy atom. The SMILES string of the molecule is O=Cc1cc([N+](=O)[O-])ccc1SC(=S)N1CCN(c2ccccc2)CC1. The van der Waals surface area contributed by atoms with E-state index in [4.69, 9.17) is 12.2 Å². The summed E-state index contributed by atoms with van der Waals surface area (Å²) in [5.74, 6) is 0. The Morgan fingerprint density at radius 2 is 1.81 bits per heavy atom. The number of thioether (sulfide) groups is 1. The fourth-order valence-corrected chi connectivity index (χ4v) is 4.09. The Labute approximate surface area is 160 Å². The van der Waals surface area contributed by atoms with E-state index in [1.54, 1.807) is 6.07 Å². The molecular formula is C18H17N3O3S2. The lowest BCUT2D eigenvalue weighted by molar-refractivity contribution is -0.384. The van der Waals surface area contributed by atoms with Gasteiger partial charge >= 0.3 is 0 Å². The molecule has 2 aromatic carbocycles. The fraction of sp³-hybridized carbons (Fsp3) is 0.222. The van der Waals surface area contributed by atoms with Crippen molar-refractivity contribution in [2.24, 2.45) is 0 Å². The van der Waals surface area contributed by atoms with Crippen molar-refractivity contribution in [2.75, 3.05) is 31.1 Å². The van der Waals surface area contributed by atoms with Crippen LogP contribution in [-0.4, -0.2) is 46.6 Å². The maximum Gasteiger partial charge on any atom is 0.270 e. The first-order chi connectivity index (χ1) is 12.6. The molecule has 0 bridgehead atoms. The van der Waals surface area contributed by atoms with E-state index in [9.17, 15) is 14.9 Å². The van der Waals surface area contributed by atoms with E-state index in [0.29, 0.717) is 15.5 Å². The first-order valence-electron chi connectivity index (χ1n) is 8.09. The molecule has 8 heteroatoms. The Kier molecular flexibility index (Phi) is 5.85. The van der Waals surface area contributed by atoms with Crippen LogP contribution in [0.5, 0.6) is 0 Å². The number of aldehydes is 1. The van der Waals surface area contributed by atoms with Crippen LogP contribution in [0, 0.1) is 10.1 Å².